The lowest BCUT2D eigenvalue weighted by Crippen LogP contribution is -2.39. The van der Waals surface area contributed by atoms with Crippen LogP contribution in [0.25, 0.3) is 10.9 Å². The molecule has 0 saturated heterocycles. The summed E-state index contributed by atoms with van der Waals surface area (Å²) >= 11 is 6.04. The predicted molar refractivity (Wildman–Crippen MR) is 104 cm³/mol. The second-order valence-electron chi connectivity index (χ2n) is 6.89. The zero-order valence-corrected chi connectivity index (χ0v) is 15.6. The van der Waals surface area contributed by atoms with Gasteiger partial charge in [0.2, 0.25) is 0 Å². The van der Waals surface area contributed by atoms with Crippen molar-refractivity contribution in [1.29, 1.82) is 0 Å². The van der Waals surface area contributed by atoms with Crippen molar-refractivity contribution in [2.24, 2.45) is 0 Å². The fraction of sp³-hybridized carbons (Fsp3) is 0.286. The second-order valence-corrected chi connectivity index (χ2v) is 7.33. The number of hydrogen-bond donors (Lipinski definition) is 2. The van der Waals surface area contributed by atoms with E-state index < -0.39 is 0 Å². The van der Waals surface area contributed by atoms with E-state index >= 15 is 0 Å². The molecule has 4 rings (SSSR count). The minimum absolute atomic E-state index is 0.0906. The average Bonchev–Trinajstić information content (AvgIpc) is 2.98. The molecule has 26 heavy (non-hydrogen) atoms. The van der Waals surface area contributed by atoms with Crippen LogP contribution in [0, 0.1) is 6.92 Å². The fourth-order valence-corrected chi connectivity index (χ4v) is 3.96. The summed E-state index contributed by atoms with van der Waals surface area (Å²) in [6.45, 7) is 2.11. The molecule has 4 nitrogen and oxygen atoms in total. The van der Waals surface area contributed by atoms with Crippen molar-refractivity contribution in [2.45, 2.75) is 32.2 Å². The van der Waals surface area contributed by atoms with Gasteiger partial charge in [-0.15, -0.1) is 0 Å². The van der Waals surface area contributed by atoms with E-state index in [1.807, 2.05) is 0 Å². The molecule has 0 saturated carbocycles. The highest BCUT2D eigenvalue weighted by atomic mass is 35.5. The van der Waals surface area contributed by atoms with Crippen molar-refractivity contribution in [1.82, 2.24) is 10.3 Å². The zero-order chi connectivity index (χ0) is 18.3. The molecule has 0 radical (unpaired) electrons. The lowest BCUT2D eigenvalue weighted by atomic mass is 9.91. The Balaban J connectivity index is 1.55. The molecule has 2 aromatic carbocycles. The molecule has 2 N–H and O–H groups in total. The van der Waals surface area contributed by atoms with Gasteiger partial charge in [-0.05, 0) is 55.7 Å². The molecule has 3 aromatic rings. The number of nitrogens with one attached hydrogen (secondary N) is 2. The number of hydrogen-bond acceptors (Lipinski definition) is 2. The van der Waals surface area contributed by atoms with Crippen LogP contribution in [0.3, 0.4) is 0 Å². The van der Waals surface area contributed by atoms with Crippen LogP contribution in [0.1, 0.15) is 33.6 Å². The maximum atomic E-state index is 12.7. The maximum Gasteiger partial charge on any atom is 0.255 e. The minimum Gasteiger partial charge on any atom is -0.496 e. The third-order valence-corrected chi connectivity index (χ3v) is 5.32. The Labute approximate surface area is 157 Å². The molecule has 134 valence electrons. The summed E-state index contributed by atoms with van der Waals surface area (Å²) in [7, 11) is 1.55. The number of halogens is 1. The largest absolute Gasteiger partial charge is 0.496 e. The van der Waals surface area contributed by atoms with Crippen LogP contribution in [0.15, 0.2) is 36.4 Å². The van der Waals surface area contributed by atoms with Crippen LogP contribution in [0.4, 0.5) is 0 Å². The van der Waals surface area contributed by atoms with Crippen molar-refractivity contribution in [3.8, 4) is 5.75 Å². The number of aromatic amines is 1. The van der Waals surface area contributed by atoms with Gasteiger partial charge in [0.25, 0.3) is 5.91 Å². The number of H-pyrrole nitrogens is 1. The molecule has 1 unspecified atom stereocenters. The summed E-state index contributed by atoms with van der Waals surface area (Å²) in [4.78, 5) is 16.2. The lowest BCUT2D eigenvalue weighted by Gasteiger charge is -2.24. The van der Waals surface area contributed by atoms with Gasteiger partial charge in [0.1, 0.15) is 5.75 Å². The Morgan fingerprint density at radius 3 is 2.92 bits per heavy atom. The summed E-state index contributed by atoms with van der Waals surface area (Å²) in [5, 5.41) is 4.96. The number of aryl methyl sites for hydroxylation is 2. The van der Waals surface area contributed by atoms with E-state index in [2.05, 4.69) is 35.4 Å². The van der Waals surface area contributed by atoms with E-state index in [1.54, 1.807) is 25.3 Å². The molecule has 1 atom stereocenters. The van der Waals surface area contributed by atoms with E-state index in [0.717, 1.165) is 19.3 Å². The quantitative estimate of drug-likeness (QED) is 0.718. The van der Waals surface area contributed by atoms with Crippen LogP contribution in [-0.4, -0.2) is 24.0 Å². The Morgan fingerprint density at radius 2 is 2.12 bits per heavy atom. The van der Waals surface area contributed by atoms with Gasteiger partial charge in [0.15, 0.2) is 0 Å². The molecule has 1 aliphatic carbocycles. The number of benzene rings is 2. The number of aromatic nitrogens is 1. The number of ether oxygens (including phenoxy) is 1. The molecular weight excluding hydrogens is 348 g/mol. The molecule has 0 aliphatic heterocycles. The normalized spacial score (nSPS) is 16.3. The molecule has 1 heterocycles. The second kappa shape index (κ2) is 6.69. The van der Waals surface area contributed by atoms with Crippen molar-refractivity contribution in [2.75, 3.05) is 7.11 Å². The van der Waals surface area contributed by atoms with E-state index in [1.165, 1.54) is 27.7 Å². The number of methoxy groups -OCH3 is 1. The number of fused-ring (bicyclic) bond motifs is 3. The fourth-order valence-electron chi connectivity index (χ4n) is 3.79. The van der Waals surface area contributed by atoms with E-state index in [4.69, 9.17) is 16.3 Å². The average molecular weight is 369 g/mol. The summed E-state index contributed by atoms with van der Waals surface area (Å²) in [5.74, 6) is 0.384. The third-order valence-electron chi connectivity index (χ3n) is 5.08. The number of carbonyl (C=O) groups is 1. The Hall–Kier alpha value is -2.46. The molecule has 0 bridgehead atoms. The summed E-state index contributed by atoms with van der Waals surface area (Å²) in [6.07, 6.45) is 2.68. The van der Waals surface area contributed by atoms with Crippen LogP contribution >= 0.6 is 11.6 Å². The molecule has 5 heteroatoms. The van der Waals surface area contributed by atoms with Crippen molar-refractivity contribution >= 4 is 28.4 Å². The number of carbonyl (C=O) groups excluding carboxylic acids is 1. The zero-order valence-electron chi connectivity index (χ0n) is 14.9. The number of amides is 1. The Morgan fingerprint density at radius 1 is 1.27 bits per heavy atom. The Bertz CT molecular complexity index is 993. The minimum atomic E-state index is -0.148. The van der Waals surface area contributed by atoms with Gasteiger partial charge in [-0.2, -0.15) is 0 Å². The first-order valence-corrected chi connectivity index (χ1v) is 9.17. The molecule has 1 aliphatic rings. The first-order chi connectivity index (χ1) is 12.5. The highest BCUT2D eigenvalue weighted by molar-refractivity contribution is 6.31. The van der Waals surface area contributed by atoms with Gasteiger partial charge in [-0.1, -0.05) is 23.2 Å². The standard InChI is InChI=1S/C21H21ClN2O2/c1-12-3-7-18-16(9-12)15-6-5-14(11-19(15)24-18)23-21(25)17-10-13(22)4-8-20(17)26-2/h3-4,7-10,14,24H,5-6,11H2,1-2H3,(H,23,25). The predicted octanol–water partition coefficient (Wildman–Crippen LogP) is 4.43. The van der Waals surface area contributed by atoms with Gasteiger partial charge >= 0.3 is 0 Å². The van der Waals surface area contributed by atoms with E-state index in [9.17, 15) is 4.79 Å². The lowest BCUT2D eigenvalue weighted by molar-refractivity contribution is 0.0930. The molecular formula is C21H21ClN2O2. The van der Waals surface area contributed by atoms with Crippen LogP contribution in [0.2, 0.25) is 5.02 Å². The van der Waals surface area contributed by atoms with Crippen LogP contribution in [-0.2, 0) is 12.8 Å². The smallest absolute Gasteiger partial charge is 0.255 e. The molecule has 0 fully saturated rings. The van der Waals surface area contributed by atoms with Gasteiger partial charge < -0.3 is 15.0 Å². The Kier molecular flexibility index (Phi) is 4.37. The van der Waals surface area contributed by atoms with E-state index in [0.29, 0.717) is 16.3 Å². The highest BCUT2D eigenvalue weighted by Gasteiger charge is 2.25. The van der Waals surface area contributed by atoms with Crippen molar-refractivity contribution in [3.63, 3.8) is 0 Å². The van der Waals surface area contributed by atoms with Crippen LogP contribution < -0.4 is 10.1 Å². The van der Waals surface area contributed by atoms with Gasteiger partial charge in [0, 0.05) is 34.1 Å². The molecule has 1 amide bonds. The monoisotopic (exact) mass is 368 g/mol. The van der Waals surface area contributed by atoms with Gasteiger partial charge in [-0.25, -0.2) is 0 Å². The first-order valence-electron chi connectivity index (χ1n) is 8.79. The summed E-state index contributed by atoms with van der Waals surface area (Å²) in [5.41, 5.74) is 5.51. The summed E-state index contributed by atoms with van der Waals surface area (Å²) < 4.78 is 5.29. The van der Waals surface area contributed by atoms with Gasteiger partial charge in [0.05, 0.1) is 12.7 Å². The highest BCUT2D eigenvalue weighted by Crippen LogP contribution is 2.30. The first kappa shape index (κ1) is 17.0. The topological polar surface area (TPSA) is 54.1 Å². The maximum absolute atomic E-state index is 12.7. The van der Waals surface area contributed by atoms with E-state index in [-0.39, 0.29) is 11.9 Å². The molecule has 0 spiro atoms. The third kappa shape index (κ3) is 3.06. The number of rotatable bonds is 3. The van der Waals surface area contributed by atoms with Crippen molar-refractivity contribution < 1.29 is 9.53 Å². The van der Waals surface area contributed by atoms with Crippen molar-refractivity contribution in [3.05, 3.63) is 63.8 Å². The molecule has 1 aromatic heterocycles. The van der Waals surface area contributed by atoms with Crippen LogP contribution in [0.5, 0.6) is 5.75 Å². The summed E-state index contributed by atoms with van der Waals surface area (Å²) in [6, 6.07) is 11.7. The van der Waals surface area contributed by atoms with Gasteiger partial charge in [-0.3, -0.25) is 4.79 Å². The SMILES string of the molecule is COc1ccc(Cl)cc1C(=O)NC1CCc2c([nH]c3ccc(C)cc23)C1.